The van der Waals surface area contributed by atoms with Crippen LogP contribution in [-0.2, 0) is 19.2 Å². The number of halogens is 3. The van der Waals surface area contributed by atoms with Crippen LogP contribution in [0.5, 0.6) is 5.75 Å². The molecule has 2 saturated heterocycles. The van der Waals surface area contributed by atoms with Crippen LogP contribution in [-0.4, -0.2) is 55.4 Å². The summed E-state index contributed by atoms with van der Waals surface area (Å²) in [5, 5.41) is 21.4. The number of carbonyl (C=O) groups is 4. The van der Waals surface area contributed by atoms with E-state index in [1.165, 1.54) is 43.4 Å². The zero-order chi connectivity index (χ0) is 28.9. The predicted molar refractivity (Wildman–Crippen MR) is 144 cm³/mol. The number of nitro benzene ring substituents is 1. The standard InChI is InChI=1S/C27H20Cl3N3O7/c1-31-24(37)26(29)11-18-15(21(27(26,30)25(31)38)16-6-5-14(34)10-19(16)28)7-8-17-20(18)23(36)32(22(17)35)12-3-2-4-13(9-12)33(39)40/h2-7,9-10,17-18,20-21,34H,8,11H2,1H3/t17-,18+,20-,21+,26+,27-/m0/s1. The maximum absolute atomic E-state index is 13.9. The summed E-state index contributed by atoms with van der Waals surface area (Å²) in [5.41, 5.74) is 0.653. The SMILES string of the molecule is CN1C(=O)[C@]2(Cl)C[C@@H]3C(=CC[C@@H]4C(=O)N(c5cccc([N+](=O)[O-])c5)C(=O)[C@@H]43)[C@H](c3ccc(O)cc3Cl)[C@]2(Cl)C1=O. The molecule has 1 N–H and O–H groups in total. The monoisotopic (exact) mass is 603 g/mol. The first-order chi connectivity index (χ1) is 18.8. The summed E-state index contributed by atoms with van der Waals surface area (Å²) in [6, 6.07) is 9.38. The van der Waals surface area contributed by atoms with Gasteiger partial charge in [0.1, 0.15) is 5.75 Å². The Bertz CT molecular complexity index is 1590. The molecule has 40 heavy (non-hydrogen) atoms. The van der Waals surface area contributed by atoms with E-state index in [2.05, 4.69) is 0 Å². The van der Waals surface area contributed by atoms with Gasteiger partial charge in [-0.1, -0.05) is 35.4 Å². The number of carbonyl (C=O) groups excluding carboxylic acids is 4. The summed E-state index contributed by atoms with van der Waals surface area (Å²) >= 11 is 20.7. The Balaban J connectivity index is 1.51. The molecule has 10 nitrogen and oxygen atoms in total. The van der Waals surface area contributed by atoms with E-state index < -0.39 is 62.0 Å². The van der Waals surface area contributed by atoms with Gasteiger partial charge in [-0.15, -0.1) is 23.2 Å². The van der Waals surface area contributed by atoms with Crippen LogP contribution in [0, 0.1) is 27.9 Å². The summed E-state index contributed by atoms with van der Waals surface area (Å²) in [7, 11) is 1.28. The highest BCUT2D eigenvalue weighted by atomic mass is 35.5. The summed E-state index contributed by atoms with van der Waals surface area (Å²) in [5.74, 6) is -6.32. The first-order valence-corrected chi connectivity index (χ1v) is 13.5. The van der Waals surface area contributed by atoms with E-state index in [1.54, 1.807) is 6.08 Å². The van der Waals surface area contributed by atoms with Gasteiger partial charge in [-0.3, -0.25) is 34.2 Å². The van der Waals surface area contributed by atoms with Crippen molar-refractivity contribution in [1.29, 1.82) is 0 Å². The first-order valence-electron chi connectivity index (χ1n) is 12.3. The highest BCUT2D eigenvalue weighted by Crippen LogP contribution is 2.66. The van der Waals surface area contributed by atoms with Gasteiger partial charge < -0.3 is 5.11 Å². The average molecular weight is 605 g/mol. The Kier molecular flexibility index (Phi) is 5.86. The molecule has 1 saturated carbocycles. The quantitative estimate of drug-likeness (QED) is 0.183. The number of nitro groups is 1. The maximum Gasteiger partial charge on any atom is 0.271 e. The molecule has 2 heterocycles. The number of imide groups is 2. The number of non-ortho nitro benzene ring substituents is 1. The highest BCUT2D eigenvalue weighted by Gasteiger charge is 2.76. The zero-order valence-corrected chi connectivity index (χ0v) is 23.0. The maximum atomic E-state index is 13.9. The number of aromatic hydroxyl groups is 1. The van der Waals surface area contributed by atoms with Crippen molar-refractivity contribution in [3.8, 4) is 5.75 Å². The lowest BCUT2D eigenvalue weighted by molar-refractivity contribution is -0.384. The molecule has 13 heteroatoms. The lowest BCUT2D eigenvalue weighted by Gasteiger charge is -2.51. The Labute approximate surface area is 242 Å². The molecule has 0 unspecified atom stereocenters. The fourth-order valence-electron chi connectivity index (χ4n) is 6.84. The molecule has 2 aliphatic heterocycles. The van der Waals surface area contributed by atoms with Gasteiger partial charge in [0.05, 0.1) is 22.4 Å². The number of rotatable bonds is 3. The molecule has 2 aromatic rings. The van der Waals surface area contributed by atoms with Crippen LogP contribution in [0.25, 0.3) is 0 Å². The molecular formula is C27H20Cl3N3O7. The topological polar surface area (TPSA) is 138 Å². The molecule has 206 valence electrons. The number of anilines is 1. The third kappa shape index (κ3) is 3.30. The van der Waals surface area contributed by atoms with Crippen LogP contribution < -0.4 is 4.90 Å². The van der Waals surface area contributed by atoms with Gasteiger partial charge >= 0.3 is 0 Å². The highest BCUT2D eigenvalue weighted by molar-refractivity contribution is 6.53. The lowest BCUT2D eigenvalue weighted by Crippen LogP contribution is -2.60. The second kappa shape index (κ2) is 8.76. The van der Waals surface area contributed by atoms with E-state index in [1.807, 2.05) is 0 Å². The van der Waals surface area contributed by atoms with Crippen molar-refractivity contribution >= 4 is 69.8 Å². The average Bonchev–Trinajstić information content (AvgIpc) is 3.24. The van der Waals surface area contributed by atoms with Gasteiger partial charge in [-0.2, -0.15) is 0 Å². The van der Waals surface area contributed by atoms with Crippen LogP contribution >= 0.6 is 34.8 Å². The molecule has 6 atom stereocenters. The summed E-state index contributed by atoms with van der Waals surface area (Å²) in [6.07, 6.45) is 1.67. The van der Waals surface area contributed by atoms with E-state index in [9.17, 15) is 34.4 Å². The smallest absolute Gasteiger partial charge is 0.271 e. The number of benzene rings is 2. The zero-order valence-electron chi connectivity index (χ0n) is 20.7. The predicted octanol–water partition coefficient (Wildman–Crippen LogP) is 4.15. The van der Waals surface area contributed by atoms with Crippen molar-refractivity contribution in [3.63, 3.8) is 0 Å². The van der Waals surface area contributed by atoms with Crippen LogP contribution in [0.15, 0.2) is 54.1 Å². The molecule has 0 radical (unpaired) electrons. The van der Waals surface area contributed by atoms with Crippen molar-refractivity contribution in [2.45, 2.75) is 28.5 Å². The summed E-state index contributed by atoms with van der Waals surface area (Å²) in [6.45, 7) is 0. The molecule has 0 aromatic heterocycles. The van der Waals surface area contributed by atoms with E-state index in [4.69, 9.17) is 34.8 Å². The van der Waals surface area contributed by atoms with Gasteiger partial charge in [-0.25, -0.2) is 4.90 Å². The molecule has 0 bridgehead atoms. The number of phenolic OH excluding ortho intramolecular Hbond substituents is 1. The van der Waals surface area contributed by atoms with Crippen molar-refractivity contribution in [2.75, 3.05) is 11.9 Å². The number of allylic oxidation sites excluding steroid dienone is 2. The minimum atomic E-state index is -2.00. The minimum absolute atomic E-state index is 0.0632. The van der Waals surface area contributed by atoms with Gasteiger partial charge in [0.15, 0.2) is 9.75 Å². The summed E-state index contributed by atoms with van der Waals surface area (Å²) in [4.78, 5) is 63.1. The molecule has 2 aliphatic carbocycles. The Morgan fingerprint density at radius 2 is 1.75 bits per heavy atom. The number of hydrogen-bond acceptors (Lipinski definition) is 7. The second-order valence-electron chi connectivity index (χ2n) is 10.5. The number of phenols is 1. The Hall–Kier alpha value is -3.47. The number of fused-ring (bicyclic) bond motifs is 4. The van der Waals surface area contributed by atoms with E-state index in [-0.39, 0.29) is 35.0 Å². The van der Waals surface area contributed by atoms with Gasteiger partial charge in [0.2, 0.25) is 11.8 Å². The molecular weight excluding hydrogens is 585 g/mol. The second-order valence-corrected chi connectivity index (χ2v) is 12.1. The van der Waals surface area contributed by atoms with E-state index >= 15 is 0 Å². The molecule has 4 amide bonds. The van der Waals surface area contributed by atoms with Crippen LogP contribution in [0.2, 0.25) is 5.02 Å². The summed E-state index contributed by atoms with van der Waals surface area (Å²) < 4.78 is 0. The fraction of sp³-hybridized carbons (Fsp3) is 0.333. The third-order valence-electron chi connectivity index (χ3n) is 8.61. The van der Waals surface area contributed by atoms with Crippen molar-refractivity contribution in [1.82, 2.24) is 4.90 Å². The van der Waals surface area contributed by atoms with Gasteiger partial charge in [-0.05, 0) is 42.5 Å². The first kappa shape index (κ1) is 26.7. The number of alkyl halides is 2. The van der Waals surface area contributed by atoms with Crippen molar-refractivity contribution in [3.05, 3.63) is 74.8 Å². The van der Waals surface area contributed by atoms with E-state index in [0.717, 1.165) is 15.9 Å². The van der Waals surface area contributed by atoms with E-state index in [0.29, 0.717) is 11.1 Å². The minimum Gasteiger partial charge on any atom is -0.508 e. The Morgan fingerprint density at radius 3 is 2.42 bits per heavy atom. The molecule has 2 aromatic carbocycles. The van der Waals surface area contributed by atoms with Gasteiger partial charge in [0, 0.05) is 30.1 Å². The largest absolute Gasteiger partial charge is 0.508 e. The number of likely N-dealkylation sites (tertiary alicyclic amines) is 1. The fourth-order valence-corrected chi connectivity index (χ4v) is 8.13. The normalized spacial score (nSPS) is 33.0. The van der Waals surface area contributed by atoms with Crippen LogP contribution in [0.1, 0.15) is 24.3 Å². The van der Waals surface area contributed by atoms with Crippen LogP contribution in [0.3, 0.4) is 0 Å². The van der Waals surface area contributed by atoms with Crippen molar-refractivity contribution in [2.24, 2.45) is 17.8 Å². The molecule has 4 aliphatic rings. The molecule has 3 fully saturated rings. The Morgan fingerprint density at radius 1 is 1.02 bits per heavy atom. The third-order valence-corrected chi connectivity index (χ3v) is 10.3. The molecule has 0 spiro atoms. The van der Waals surface area contributed by atoms with Gasteiger partial charge in [0.25, 0.3) is 17.5 Å². The van der Waals surface area contributed by atoms with Crippen LogP contribution in [0.4, 0.5) is 11.4 Å². The lowest BCUT2D eigenvalue weighted by atomic mass is 9.56. The molecule has 6 rings (SSSR count). The number of hydrogen-bond donors (Lipinski definition) is 1. The number of nitrogens with zero attached hydrogens (tertiary/aromatic N) is 3. The van der Waals surface area contributed by atoms with Crippen molar-refractivity contribution < 1.29 is 29.2 Å². The number of amides is 4.